The maximum atomic E-state index is 11.6. The summed E-state index contributed by atoms with van der Waals surface area (Å²) >= 11 is 0. The predicted octanol–water partition coefficient (Wildman–Crippen LogP) is 0.0762. The second-order valence-corrected chi connectivity index (χ2v) is 4.74. The third-order valence-corrected chi connectivity index (χ3v) is 3.26. The van der Waals surface area contributed by atoms with E-state index in [4.69, 9.17) is 5.73 Å². The van der Waals surface area contributed by atoms with Gasteiger partial charge < -0.3 is 15.7 Å². The van der Waals surface area contributed by atoms with Crippen LogP contribution in [0.5, 0.6) is 0 Å². The zero-order valence-corrected chi connectivity index (χ0v) is 10.5. The van der Waals surface area contributed by atoms with Crippen LogP contribution >= 0.6 is 0 Å². The summed E-state index contributed by atoms with van der Waals surface area (Å²) in [6, 6.07) is 7.22. The highest BCUT2D eigenvalue weighted by Gasteiger charge is 2.23. The number of amides is 1. The van der Waals surface area contributed by atoms with Gasteiger partial charge in [0, 0.05) is 32.4 Å². The lowest BCUT2D eigenvalue weighted by atomic mass is 10.1. The molecule has 3 N–H and O–H groups in total. The number of β-amino-alcohol motifs (C(OH)–C–C–N with tert-alkyl or cyclic N) is 1. The first kappa shape index (κ1) is 12.9. The molecule has 0 saturated carbocycles. The van der Waals surface area contributed by atoms with Crippen LogP contribution in [0.15, 0.2) is 24.3 Å². The van der Waals surface area contributed by atoms with Crippen LogP contribution in [0.4, 0.5) is 5.69 Å². The molecule has 98 valence electrons. The highest BCUT2D eigenvalue weighted by molar-refractivity contribution is 5.78. The monoisotopic (exact) mass is 249 g/mol. The van der Waals surface area contributed by atoms with Gasteiger partial charge in [-0.25, -0.2) is 0 Å². The van der Waals surface area contributed by atoms with E-state index in [9.17, 15) is 9.90 Å². The second kappa shape index (κ2) is 5.37. The van der Waals surface area contributed by atoms with Gasteiger partial charge in [-0.05, 0) is 17.7 Å². The van der Waals surface area contributed by atoms with Gasteiger partial charge in [0.2, 0.25) is 5.91 Å². The van der Waals surface area contributed by atoms with Crippen molar-refractivity contribution in [2.45, 2.75) is 6.10 Å². The van der Waals surface area contributed by atoms with Crippen molar-refractivity contribution in [3.8, 4) is 0 Å². The molecule has 0 radical (unpaired) electrons. The highest BCUT2D eigenvalue weighted by Crippen LogP contribution is 2.17. The Hall–Kier alpha value is -1.59. The molecular weight excluding hydrogens is 230 g/mol. The van der Waals surface area contributed by atoms with Crippen molar-refractivity contribution in [3.05, 3.63) is 29.8 Å². The summed E-state index contributed by atoms with van der Waals surface area (Å²) < 4.78 is 0. The minimum Gasteiger partial charge on any atom is -0.399 e. The Morgan fingerprint density at radius 3 is 2.89 bits per heavy atom. The number of aliphatic hydroxyl groups is 1. The number of piperazine rings is 1. The third-order valence-electron chi connectivity index (χ3n) is 3.26. The number of hydrogen-bond donors (Lipinski definition) is 2. The van der Waals surface area contributed by atoms with Gasteiger partial charge in [-0.15, -0.1) is 0 Å². The molecule has 1 amide bonds. The molecule has 1 aliphatic heterocycles. The van der Waals surface area contributed by atoms with Crippen LogP contribution in [-0.2, 0) is 4.79 Å². The summed E-state index contributed by atoms with van der Waals surface area (Å²) in [5.41, 5.74) is 7.12. The number of nitrogens with zero attached hydrogens (tertiary/aromatic N) is 2. The molecule has 2 rings (SSSR count). The summed E-state index contributed by atoms with van der Waals surface area (Å²) in [6.45, 7) is 2.34. The van der Waals surface area contributed by atoms with Crippen molar-refractivity contribution in [2.24, 2.45) is 0 Å². The van der Waals surface area contributed by atoms with E-state index in [-0.39, 0.29) is 5.91 Å². The molecule has 0 spiro atoms. The molecule has 1 saturated heterocycles. The molecule has 0 bridgehead atoms. The van der Waals surface area contributed by atoms with E-state index in [0.29, 0.717) is 25.3 Å². The van der Waals surface area contributed by atoms with Crippen LogP contribution < -0.4 is 5.73 Å². The van der Waals surface area contributed by atoms with Crippen LogP contribution in [0.2, 0.25) is 0 Å². The maximum Gasteiger partial charge on any atom is 0.236 e. The summed E-state index contributed by atoms with van der Waals surface area (Å²) in [4.78, 5) is 15.2. The first-order chi connectivity index (χ1) is 8.56. The number of hydrogen-bond acceptors (Lipinski definition) is 4. The van der Waals surface area contributed by atoms with Gasteiger partial charge in [0.1, 0.15) is 0 Å². The van der Waals surface area contributed by atoms with Crippen LogP contribution in [0.25, 0.3) is 0 Å². The van der Waals surface area contributed by atoms with Gasteiger partial charge in [0.15, 0.2) is 0 Å². The first-order valence-electron chi connectivity index (χ1n) is 6.06. The number of anilines is 1. The zero-order chi connectivity index (χ0) is 13.1. The van der Waals surface area contributed by atoms with E-state index >= 15 is 0 Å². The molecule has 1 atom stereocenters. The molecule has 1 aliphatic rings. The predicted molar refractivity (Wildman–Crippen MR) is 69.9 cm³/mol. The minimum atomic E-state index is -0.607. The molecule has 5 nitrogen and oxygen atoms in total. The van der Waals surface area contributed by atoms with E-state index in [0.717, 1.165) is 12.1 Å². The lowest BCUT2D eigenvalue weighted by Gasteiger charge is -2.33. The number of benzene rings is 1. The van der Waals surface area contributed by atoms with Gasteiger partial charge in [0.05, 0.1) is 12.6 Å². The fourth-order valence-electron chi connectivity index (χ4n) is 2.08. The van der Waals surface area contributed by atoms with Gasteiger partial charge in [0.25, 0.3) is 0 Å². The minimum absolute atomic E-state index is 0.0982. The van der Waals surface area contributed by atoms with Gasteiger partial charge in [-0.2, -0.15) is 0 Å². The van der Waals surface area contributed by atoms with E-state index in [1.54, 1.807) is 24.1 Å². The first-order valence-corrected chi connectivity index (χ1v) is 6.06. The largest absolute Gasteiger partial charge is 0.399 e. The Morgan fingerprint density at radius 1 is 1.44 bits per heavy atom. The third kappa shape index (κ3) is 3.00. The number of aliphatic hydroxyl groups excluding tert-OH is 1. The molecule has 1 fully saturated rings. The normalized spacial score (nSPS) is 19.0. The Bertz CT molecular complexity index is 436. The van der Waals surface area contributed by atoms with Crippen molar-refractivity contribution in [1.82, 2.24) is 9.80 Å². The molecule has 5 heteroatoms. The van der Waals surface area contributed by atoms with Gasteiger partial charge in [-0.3, -0.25) is 9.69 Å². The number of carbonyl (C=O) groups excluding carboxylic acids is 1. The van der Waals surface area contributed by atoms with E-state index in [2.05, 4.69) is 0 Å². The number of nitrogen functional groups attached to an aromatic ring is 1. The van der Waals surface area contributed by atoms with Crippen molar-refractivity contribution in [3.63, 3.8) is 0 Å². The molecule has 0 aromatic heterocycles. The van der Waals surface area contributed by atoms with Crippen molar-refractivity contribution < 1.29 is 9.90 Å². The molecule has 1 heterocycles. The Kier molecular flexibility index (Phi) is 3.84. The van der Waals surface area contributed by atoms with Crippen LogP contribution in [0, 0.1) is 0 Å². The molecule has 1 aromatic rings. The fraction of sp³-hybridized carbons (Fsp3) is 0.462. The van der Waals surface area contributed by atoms with Gasteiger partial charge in [-0.1, -0.05) is 12.1 Å². The highest BCUT2D eigenvalue weighted by atomic mass is 16.3. The maximum absolute atomic E-state index is 11.6. The van der Waals surface area contributed by atoms with Crippen molar-refractivity contribution in [1.29, 1.82) is 0 Å². The van der Waals surface area contributed by atoms with E-state index in [1.807, 2.05) is 17.0 Å². The smallest absolute Gasteiger partial charge is 0.236 e. The number of nitrogens with two attached hydrogens (primary N) is 1. The zero-order valence-electron chi connectivity index (χ0n) is 10.5. The van der Waals surface area contributed by atoms with Crippen LogP contribution in [0.3, 0.4) is 0 Å². The molecule has 18 heavy (non-hydrogen) atoms. The van der Waals surface area contributed by atoms with E-state index in [1.165, 1.54) is 0 Å². The number of carbonyl (C=O) groups is 1. The van der Waals surface area contributed by atoms with E-state index < -0.39 is 6.10 Å². The van der Waals surface area contributed by atoms with Crippen LogP contribution in [-0.4, -0.2) is 54.0 Å². The molecule has 1 aromatic carbocycles. The lowest BCUT2D eigenvalue weighted by molar-refractivity contribution is -0.134. The van der Waals surface area contributed by atoms with Gasteiger partial charge >= 0.3 is 0 Å². The second-order valence-electron chi connectivity index (χ2n) is 4.74. The Morgan fingerprint density at radius 2 is 2.22 bits per heavy atom. The Balaban J connectivity index is 1.95. The average Bonchev–Trinajstić information content (AvgIpc) is 2.34. The standard InChI is InChI=1S/C13H19N3O2/c1-15-5-6-16(9-13(15)18)8-12(17)10-3-2-4-11(14)7-10/h2-4,7,12,17H,5-6,8-9,14H2,1H3. The van der Waals surface area contributed by atoms with Crippen LogP contribution in [0.1, 0.15) is 11.7 Å². The molecule has 1 unspecified atom stereocenters. The summed E-state index contributed by atoms with van der Waals surface area (Å²) in [7, 11) is 1.80. The quantitative estimate of drug-likeness (QED) is 0.744. The topological polar surface area (TPSA) is 69.8 Å². The molecule has 0 aliphatic carbocycles. The van der Waals surface area contributed by atoms with Crippen molar-refractivity contribution >= 4 is 11.6 Å². The average molecular weight is 249 g/mol. The fourth-order valence-corrected chi connectivity index (χ4v) is 2.08. The lowest BCUT2D eigenvalue weighted by Crippen LogP contribution is -2.49. The summed E-state index contributed by atoms with van der Waals surface area (Å²) in [5, 5.41) is 10.1. The number of likely N-dealkylation sites (N-methyl/N-ethyl adjacent to an activating group) is 1. The Labute approximate surface area is 107 Å². The number of rotatable bonds is 3. The molecular formula is C13H19N3O2. The SMILES string of the molecule is CN1CCN(CC(O)c2cccc(N)c2)CC1=O. The summed E-state index contributed by atoms with van der Waals surface area (Å²) in [6.07, 6.45) is -0.607. The van der Waals surface area contributed by atoms with Crippen molar-refractivity contribution in [2.75, 3.05) is 39.0 Å². The summed E-state index contributed by atoms with van der Waals surface area (Å²) in [5.74, 6) is 0.0982.